The van der Waals surface area contributed by atoms with E-state index in [1.54, 1.807) is 0 Å². The van der Waals surface area contributed by atoms with E-state index in [1.807, 2.05) is 36.1 Å². The van der Waals surface area contributed by atoms with Crippen LogP contribution in [0.4, 0.5) is 4.79 Å². The van der Waals surface area contributed by atoms with Crippen molar-refractivity contribution in [2.45, 2.75) is 20.4 Å². The van der Waals surface area contributed by atoms with Crippen LogP contribution in [0.15, 0.2) is 24.3 Å². The third-order valence-electron chi connectivity index (χ3n) is 3.78. The Bertz CT molecular complexity index is 439. The van der Waals surface area contributed by atoms with E-state index in [-0.39, 0.29) is 6.03 Å². The minimum atomic E-state index is 0.0274. The van der Waals surface area contributed by atoms with Crippen LogP contribution in [0.2, 0.25) is 0 Å². The summed E-state index contributed by atoms with van der Waals surface area (Å²) in [4.78, 5) is 16.4. The van der Waals surface area contributed by atoms with Crippen LogP contribution in [0.1, 0.15) is 19.4 Å². The summed E-state index contributed by atoms with van der Waals surface area (Å²) in [7, 11) is 0. The number of rotatable bonds is 5. The Balaban J connectivity index is 1.76. The van der Waals surface area contributed by atoms with Gasteiger partial charge in [0.15, 0.2) is 0 Å². The molecule has 5 heteroatoms. The molecule has 0 saturated carbocycles. The summed E-state index contributed by atoms with van der Waals surface area (Å²) in [5, 5.41) is 2.98. The van der Waals surface area contributed by atoms with Gasteiger partial charge >= 0.3 is 6.03 Å². The second kappa shape index (κ2) is 7.88. The van der Waals surface area contributed by atoms with Crippen molar-refractivity contribution in [3.63, 3.8) is 0 Å². The Morgan fingerprint density at radius 1 is 1.14 bits per heavy atom. The SMILES string of the molecule is CCOc1ccc(CNC(=O)N2CCN(CC)CC2)cc1. The summed E-state index contributed by atoms with van der Waals surface area (Å²) in [6.45, 7) is 9.95. The normalized spacial score (nSPS) is 15.8. The number of ether oxygens (including phenoxy) is 1. The quantitative estimate of drug-likeness (QED) is 0.901. The van der Waals surface area contributed by atoms with Crippen molar-refractivity contribution in [1.82, 2.24) is 15.1 Å². The number of urea groups is 1. The maximum Gasteiger partial charge on any atom is 0.317 e. The molecule has 1 aromatic carbocycles. The Labute approximate surface area is 126 Å². The fourth-order valence-electron chi connectivity index (χ4n) is 2.43. The van der Waals surface area contributed by atoms with Crippen LogP contribution in [0.5, 0.6) is 5.75 Å². The van der Waals surface area contributed by atoms with Crippen LogP contribution in [0, 0.1) is 0 Å². The van der Waals surface area contributed by atoms with Crippen molar-refractivity contribution < 1.29 is 9.53 Å². The van der Waals surface area contributed by atoms with Crippen molar-refractivity contribution in [3.05, 3.63) is 29.8 Å². The first kappa shape index (κ1) is 15.6. The molecule has 5 nitrogen and oxygen atoms in total. The van der Waals surface area contributed by atoms with Gasteiger partial charge in [-0.05, 0) is 31.2 Å². The molecular weight excluding hydrogens is 266 g/mol. The standard InChI is InChI=1S/C16H25N3O2/c1-3-18-9-11-19(12-10-18)16(20)17-13-14-5-7-15(8-6-14)21-4-2/h5-8H,3-4,9-13H2,1-2H3,(H,17,20). The average molecular weight is 291 g/mol. The highest BCUT2D eigenvalue weighted by Gasteiger charge is 2.19. The number of hydrogen-bond acceptors (Lipinski definition) is 3. The second-order valence-electron chi connectivity index (χ2n) is 5.16. The molecule has 0 unspecified atom stereocenters. The monoisotopic (exact) mass is 291 g/mol. The van der Waals surface area contributed by atoms with Crippen molar-refractivity contribution in [3.8, 4) is 5.75 Å². The Morgan fingerprint density at radius 2 is 1.81 bits per heavy atom. The molecule has 1 N–H and O–H groups in total. The summed E-state index contributed by atoms with van der Waals surface area (Å²) in [5.41, 5.74) is 1.08. The van der Waals surface area contributed by atoms with Gasteiger partial charge in [-0.15, -0.1) is 0 Å². The zero-order valence-corrected chi connectivity index (χ0v) is 13.0. The molecule has 21 heavy (non-hydrogen) atoms. The van der Waals surface area contributed by atoms with E-state index in [2.05, 4.69) is 17.1 Å². The van der Waals surface area contributed by atoms with Crippen LogP contribution in [0.3, 0.4) is 0 Å². The van der Waals surface area contributed by atoms with E-state index in [4.69, 9.17) is 4.74 Å². The molecule has 0 bridgehead atoms. The molecule has 0 atom stereocenters. The lowest BCUT2D eigenvalue weighted by molar-refractivity contribution is 0.142. The van der Waals surface area contributed by atoms with Gasteiger partial charge in [-0.25, -0.2) is 4.79 Å². The molecule has 0 aromatic heterocycles. The number of piperazine rings is 1. The van der Waals surface area contributed by atoms with E-state index < -0.39 is 0 Å². The van der Waals surface area contributed by atoms with Gasteiger partial charge < -0.3 is 19.9 Å². The van der Waals surface area contributed by atoms with Gasteiger partial charge in [-0.3, -0.25) is 0 Å². The first-order chi connectivity index (χ1) is 10.2. The minimum absolute atomic E-state index is 0.0274. The number of carbonyl (C=O) groups is 1. The molecule has 0 aliphatic carbocycles. The van der Waals surface area contributed by atoms with Crippen molar-refractivity contribution in [2.24, 2.45) is 0 Å². The Kier molecular flexibility index (Phi) is 5.87. The third-order valence-corrected chi connectivity index (χ3v) is 3.78. The summed E-state index contributed by atoms with van der Waals surface area (Å²) in [6, 6.07) is 7.87. The highest BCUT2D eigenvalue weighted by atomic mass is 16.5. The van der Waals surface area contributed by atoms with Gasteiger partial charge in [0.05, 0.1) is 6.61 Å². The number of nitrogens with one attached hydrogen (secondary N) is 1. The van der Waals surface area contributed by atoms with E-state index >= 15 is 0 Å². The van der Waals surface area contributed by atoms with Gasteiger partial charge in [-0.2, -0.15) is 0 Å². The first-order valence-electron chi connectivity index (χ1n) is 7.69. The number of likely N-dealkylation sites (N-methyl/N-ethyl adjacent to an activating group) is 1. The van der Waals surface area contributed by atoms with Gasteiger partial charge in [-0.1, -0.05) is 19.1 Å². The van der Waals surface area contributed by atoms with Crippen molar-refractivity contribution in [2.75, 3.05) is 39.3 Å². The molecule has 2 amide bonds. The van der Waals surface area contributed by atoms with Crippen LogP contribution < -0.4 is 10.1 Å². The Morgan fingerprint density at radius 3 is 2.38 bits per heavy atom. The molecule has 0 radical (unpaired) electrons. The maximum atomic E-state index is 12.1. The molecule has 0 spiro atoms. The summed E-state index contributed by atoms with van der Waals surface area (Å²) >= 11 is 0. The molecule has 116 valence electrons. The molecule has 1 aliphatic rings. The van der Waals surface area contributed by atoms with E-state index in [1.165, 1.54) is 0 Å². The third kappa shape index (κ3) is 4.63. The molecule has 2 rings (SSSR count). The topological polar surface area (TPSA) is 44.8 Å². The largest absolute Gasteiger partial charge is 0.494 e. The molecule has 1 aromatic rings. The predicted molar refractivity (Wildman–Crippen MR) is 83.5 cm³/mol. The molecule has 1 fully saturated rings. The van der Waals surface area contributed by atoms with Gasteiger partial charge in [0.25, 0.3) is 0 Å². The molecule has 1 heterocycles. The van der Waals surface area contributed by atoms with Crippen LogP contribution in [-0.4, -0.2) is 55.2 Å². The van der Waals surface area contributed by atoms with E-state index in [9.17, 15) is 4.79 Å². The lowest BCUT2D eigenvalue weighted by Crippen LogP contribution is -2.51. The van der Waals surface area contributed by atoms with Gasteiger partial charge in [0, 0.05) is 32.7 Å². The fourth-order valence-corrected chi connectivity index (χ4v) is 2.43. The number of carbonyl (C=O) groups excluding carboxylic acids is 1. The molecule has 1 aliphatic heterocycles. The van der Waals surface area contributed by atoms with Crippen LogP contribution in [0.25, 0.3) is 0 Å². The van der Waals surface area contributed by atoms with E-state index in [0.29, 0.717) is 13.2 Å². The fraction of sp³-hybridized carbons (Fsp3) is 0.562. The van der Waals surface area contributed by atoms with E-state index in [0.717, 1.165) is 44.0 Å². The predicted octanol–water partition coefficient (Wildman–Crippen LogP) is 1.93. The van der Waals surface area contributed by atoms with Crippen LogP contribution >= 0.6 is 0 Å². The lowest BCUT2D eigenvalue weighted by Gasteiger charge is -2.34. The first-order valence-corrected chi connectivity index (χ1v) is 7.69. The van der Waals surface area contributed by atoms with Crippen LogP contribution in [-0.2, 0) is 6.54 Å². The number of amides is 2. The average Bonchev–Trinajstić information content (AvgIpc) is 2.54. The number of nitrogens with zero attached hydrogens (tertiary/aromatic N) is 2. The molecule has 1 saturated heterocycles. The highest BCUT2D eigenvalue weighted by molar-refractivity contribution is 5.74. The van der Waals surface area contributed by atoms with Crippen molar-refractivity contribution in [1.29, 1.82) is 0 Å². The smallest absolute Gasteiger partial charge is 0.317 e. The summed E-state index contributed by atoms with van der Waals surface area (Å²) < 4.78 is 5.40. The summed E-state index contributed by atoms with van der Waals surface area (Å²) in [5.74, 6) is 0.864. The number of benzene rings is 1. The molecular formula is C16H25N3O2. The second-order valence-corrected chi connectivity index (χ2v) is 5.16. The van der Waals surface area contributed by atoms with Gasteiger partial charge in [0.2, 0.25) is 0 Å². The number of hydrogen-bond donors (Lipinski definition) is 1. The zero-order valence-electron chi connectivity index (χ0n) is 13.0. The zero-order chi connectivity index (χ0) is 15.1. The Hall–Kier alpha value is -1.75. The lowest BCUT2D eigenvalue weighted by atomic mass is 10.2. The summed E-state index contributed by atoms with van der Waals surface area (Å²) in [6.07, 6.45) is 0. The maximum absolute atomic E-state index is 12.1. The van der Waals surface area contributed by atoms with Gasteiger partial charge in [0.1, 0.15) is 5.75 Å². The highest BCUT2D eigenvalue weighted by Crippen LogP contribution is 2.12. The minimum Gasteiger partial charge on any atom is -0.494 e. The van der Waals surface area contributed by atoms with Crippen molar-refractivity contribution >= 4 is 6.03 Å².